The van der Waals surface area contributed by atoms with Crippen LogP contribution in [0.15, 0.2) is 21.2 Å². The molecule has 4 nitrogen and oxygen atoms in total. The van der Waals surface area contributed by atoms with E-state index in [1.165, 1.54) is 0 Å². The first kappa shape index (κ1) is 11.7. The molecule has 0 aliphatic carbocycles. The highest BCUT2D eigenvalue weighted by Crippen LogP contribution is 2.24. The summed E-state index contributed by atoms with van der Waals surface area (Å²) in [6, 6.07) is 3.45. The van der Waals surface area contributed by atoms with Crippen LogP contribution in [0.25, 0.3) is 0 Å². The summed E-state index contributed by atoms with van der Waals surface area (Å²) in [5.41, 5.74) is 0. The van der Waals surface area contributed by atoms with Gasteiger partial charge in [0.25, 0.3) is 0 Å². The summed E-state index contributed by atoms with van der Waals surface area (Å²) < 4.78 is 5.91. The van der Waals surface area contributed by atoms with E-state index in [1.54, 1.807) is 12.1 Å². The van der Waals surface area contributed by atoms with Crippen molar-refractivity contribution >= 4 is 21.9 Å². The summed E-state index contributed by atoms with van der Waals surface area (Å²) >= 11 is 3.19. The number of rotatable bonds is 4. The average molecular weight is 288 g/mol. The zero-order chi connectivity index (χ0) is 11.5. The number of furan rings is 1. The molecule has 1 aromatic heterocycles. The molecule has 88 valence electrons. The monoisotopic (exact) mass is 287 g/mol. The van der Waals surface area contributed by atoms with E-state index in [0.29, 0.717) is 17.0 Å². The third-order valence-corrected chi connectivity index (χ3v) is 3.30. The summed E-state index contributed by atoms with van der Waals surface area (Å²) in [5, 5.41) is 9.19. The van der Waals surface area contributed by atoms with Crippen LogP contribution in [0, 0.1) is 0 Å². The average Bonchev–Trinajstić information content (AvgIpc) is 2.84. The molecule has 16 heavy (non-hydrogen) atoms. The van der Waals surface area contributed by atoms with E-state index in [2.05, 4.69) is 20.8 Å². The molecule has 2 heterocycles. The molecule has 0 bridgehead atoms. The van der Waals surface area contributed by atoms with Crippen molar-refractivity contribution in [1.82, 2.24) is 4.90 Å². The van der Waals surface area contributed by atoms with Gasteiger partial charge < -0.3 is 14.4 Å². The minimum absolute atomic E-state index is 0.520. The van der Waals surface area contributed by atoms with Crippen molar-refractivity contribution in [1.29, 1.82) is 0 Å². The van der Waals surface area contributed by atoms with Crippen LogP contribution >= 0.6 is 15.9 Å². The first-order valence-corrected chi connectivity index (χ1v) is 6.16. The molecule has 1 fully saturated rings. The SMILES string of the molecule is O=C(O)C(CN1CCCC1)c1ccc(Br)o1. The van der Waals surface area contributed by atoms with Crippen LogP contribution in [0.3, 0.4) is 0 Å². The second-order valence-corrected chi connectivity index (χ2v) is 4.82. The van der Waals surface area contributed by atoms with Crippen molar-refractivity contribution in [2.24, 2.45) is 0 Å². The normalized spacial score (nSPS) is 18.8. The maximum Gasteiger partial charge on any atom is 0.315 e. The van der Waals surface area contributed by atoms with Gasteiger partial charge in [-0.2, -0.15) is 0 Å². The lowest BCUT2D eigenvalue weighted by atomic mass is 10.1. The van der Waals surface area contributed by atoms with E-state index in [-0.39, 0.29) is 0 Å². The number of halogens is 1. The van der Waals surface area contributed by atoms with Gasteiger partial charge in [-0.1, -0.05) is 0 Å². The van der Waals surface area contributed by atoms with E-state index in [4.69, 9.17) is 4.42 Å². The number of carboxylic acid groups (broad SMARTS) is 1. The summed E-state index contributed by atoms with van der Waals surface area (Å²) in [5.74, 6) is -0.871. The smallest absolute Gasteiger partial charge is 0.315 e. The summed E-state index contributed by atoms with van der Waals surface area (Å²) in [7, 11) is 0. The summed E-state index contributed by atoms with van der Waals surface area (Å²) in [4.78, 5) is 13.4. The number of carboxylic acids is 1. The Kier molecular flexibility index (Phi) is 3.66. The van der Waals surface area contributed by atoms with Crippen LogP contribution in [0.5, 0.6) is 0 Å². The van der Waals surface area contributed by atoms with Crippen molar-refractivity contribution in [2.75, 3.05) is 19.6 Å². The van der Waals surface area contributed by atoms with Gasteiger partial charge in [0.15, 0.2) is 4.67 Å². The Morgan fingerprint density at radius 2 is 2.19 bits per heavy atom. The highest BCUT2D eigenvalue weighted by molar-refractivity contribution is 9.10. The molecule has 1 aromatic rings. The van der Waals surface area contributed by atoms with Gasteiger partial charge in [-0.15, -0.1) is 0 Å². The van der Waals surface area contributed by atoms with Crippen LogP contribution in [0.1, 0.15) is 24.5 Å². The topological polar surface area (TPSA) is 53.7 Å². The largest absolute Gasteiger partial charge is 0.481 e. The van der Waals surface area contributed by atoms with Crippen LogP contribution in [0.2, 0.25) is 0 Å². The highest BCUT2D eigenvalue weighted by atomic mass is 79.9. The van der Waals surface area contributed by atoms with Crippen molar-refractivity contribution in [3.05, 3.63) is 22.6 Å². The van der Waals surface area contributed by atoms with Crippen LogP contribution in [-0.4, -0.2) is 35.6 Å². The van der Waals surface area contributed by atoms with Crippen LogP contribution < -0.4 is 0 Å². The molecule has 0 amide bonds. The maximum absolute atomic E-state index is 11.2. The molecule has 1 unspecified atom stereocenters. The van der Waals surface area contributed by atoms with Gasteiger partial charge in [0.2, 0.25) is 0 Å². The molecule has 0 aromatic carbocycles. The third kappa shape index (κ3) is 2.65. The maximum atomic E-state index is 11.2. The second kappa shape index (κ2) is 5.01. The molecule has 1 atom stereocenters. The number of hydrogen-bond donors (Lipinski definition) is 1. The molecule has 1 aliphatic rings. The Balaban J connectivity index is 2.07. The fourth-order valence-electron chi connectivity index (χ4n) is 2.03. The quantitative estimate of drug-likeness (QED) is 0.923. The zero-order valence-electron chi connectivity index (χ0n) is 8.86. The van der Waals surface area contributed by atoms with Crippen molar-refractivity contribution in [2.45, 2.75) is 18.8 Å². The third-order valence-electron chi connectivity index (χ3n) is 2.87. The molecule has 0 spiro atoms. The van der Waals surface area contributed by atoms with E-state index >= 15 is 0 Å². The predicted molar refractivity (Wildman–Crippen MR) is 62.5 cm³/mol. The Morgan fingerprint density at radius 3 is 2.69 bits per heavy atom. The summed E-state index contributed by atoms with van der Waals surface area (Å²) in [6.07, 6.45) is 2.32. The van der Waals surface area contributed by atoms with E-state index in [9.17, 15) is 9.90 Å². The molecule has 0 radical (unpaired) electrons. The van der Waals surface area contributed by atoms with Gasteiger partial charge in [0.05, 0.1) is 0 Å². The molecule has 1 N–H and O–H groups in total. The second-order valence-electron chi connectivity index (χ2n) is 4.04. The number of aliphatic carboxylic acids is 1. The van der Waals surface area contributed by atoms with Gasteiger partial charge >= 0.3 is 5.97 Å². The minimum Gasteiger partial charge on any atom is -0.481 e. The Bertz CT molecular complexity index is 371. The Morgan fingerprint density at radius 1 is 1.50 bits per heavy atom. The molecule has 1 aliphatic heterocycles. The number of nitrogens with zero attached hydrogens (tertiary/aromatic N) is 1. The molecule has 5 heteroatoms. The lowest BCUT2D eigenvalue weighted by Crippen LogP contribution is -2.29. The van der Waals surface area contributed by atoms with Crippen LogP contribution in [-0.2, 0) is 4.79 Å². The summed E-state index contributed by atoms with van der Waals surface area (Å²) in [6.45, 7) is 2.52. The predicted octanol–water partition coefficient (Wildman–Crippen LogP) is 2.31. The molecule has 2 rings (SSSR count). The lowest BCUT2D eigenvalue weighted by Gasteiger charge is -2.18. The Hall–Kier alpha value is -0.810. The molecular formula is C11H14BrNO3. The first-order valence-electron chi connectivity index (χ1n) is 5.37. The molecular weight excluding hydrogens is 274 g/mol. The Labute approximate surface area is 102 Å². The van der Waals surface area contributed by atoms with E-state index in [1.807, 2.05) is 0 Å². The van der Waals surface area contributed by atoms with Crippen molar-refractivity contribution in [3.63, 3.8) is 0 Å². The van der Waals surface area contributed by atoms with Gasteiger partial charge in [0.1, 0.15) is 11.7 Å². The van der Waals surface area contributed by atoms with E-state index in [0.717, 1.165) is 25.9 Å². The van der Waals surface area contributed by atoms with E-state index < -0.39 is 11.9 Å². The zero-order valence-corrected chi connectivity index (χ0v) is 10.4. The van der Waals surface area contributed by atoms with Crippen molar-refractivity contribution in [3.8, 4) is 0 Å². The van der Waals surface area contributed by atoms with Gasteiger partial charge in [-0.25, -0.2) is 0 Å². The number of hydrogen-bond acceptors (Lipinski definition) is 3. The van der Waals surface area contributed by atoms with Crippen LogP contribution in [0.4, 0.5) is 0 Å². The fraction of sp³-hybridized carbons (Fsp3) is 0.545. The minimum atomic E-state index is -0.825. The van der Waals surface area contributed by atoms with Gasteiger partial charge in [0, 0.05) is 6.54 Å². The van der Waals surface area contributed by atoms with Gasteiger partial charge in [-0.05, 0) is 54.0 Å². The number of likely N-dealkylation sites (tertiary alicyclic amines) is 1. The van der Waals surface area contributed by atoms with Gasteiger partial charge in [-0.3, -0.25) is 4.79 Å². The fourth-order valence-corrected chi connectivity index (χ4v) is 2.35. The standard InChI is InChI=1S/C11H14BrNO3/c12-10-4-3-9(16-10)8(11(14)15)7-13-5-1-2-6-13/h3-4,8H,1-2,5-7H2,(H,14,15). The van der Waals surface area contributed by atoms with Crippen molar-refractivity contribution < 1.29 is 14.3 Å². The molecule has 1 saturated heterocycles. The number of carbonyl (C=O) groups is 1. The lowest BCUT2D eigenvalue weighted by molar-refractivity contribution is -0.139. The highest BCUT2D eigenvalue weighted by Gasteiger charge is 2.27. The molecule has 0 saturated carbocycles. The first-order chi connectivity index (χ1) is 7.66.